The lowest BCUT2D eigenvalue weighted by molar-refractivity contribution is 0.617. The number of nitrogens with zero attached hydrogens (tertiary/aromatic N) is 1. The molecule has 4 heteroatoms. The average Bonchev–Trinajstić information content (AvgIpc) is 2.40. The van der Waals surface area contributed by atoms with E-state index in [1.54, 1.807) is 17.8 Å². The Bertz CT molecular complexity index is 513. The van der Waals surface area contributed by atoms with Gasteiger partial charge in [-0.2, -0.15) is 0 Å². The van der Waals surface area contributed by atoms with Crippen LogP contribution in [0, 0.1) is 5.82 Å². The van der Waals surface area contributed by atoms with Gasteiger partial charge < -0.3 is 5.32 Å². The summed E-state index contributed by atoms with van der Waals surface area (Å²) in [5.74, 6) is -0.310. The lowest BCUT2D eigenvalue weighted by atomic mass is 10.2. The Morgan fingerprint density at radius 2 is 2.00 bits per heavy atom. The SMILES string of the molecule is CSc1ccccc1NC(C)c1ccc(F)cn1. The van der Waals surface area contributed by atoms with E-state index in [9.17, 15) is 4.39 Å². The summed E-state index contributed by atoms with van der Waals surface area (Å²) >= 11 is 1.69. The van der Waals surface area contributed by atoms with E-state index in [1.807, 2.05) is 31.4 Å². The highest BCUT2D eigenvalue weighted by Crippen LogP contribution is 2.27. The second-order valence-corrected chi connectivity index (χ2v) is 4.82. The van der Waals surface area contributed by atoms with Gasteiger partial charge in [0, 0.05) is 10.6 Å². The number of hydrogen-bond acceptors (Lipinski definition) is 3. The fourth-order valence-corrected chi connectivity index (χ4v) is 2.28. The van der Waals surface area contributed by atoms with Gasteiger partial charge in [0.15, 0.2) is 0 Å². The molecular formula is C14H15FN2S. The van der Waals surface area contributed by atoms with Gasteiger partial charge in [0.1, 0.15) is 5.82 Å². The summed E-state index contributed by atoms with van der Waals surface area (Å²) in [6, 6.07) is 11.3. The highest BCUT2D eigenvalue weighted by atomic mass is 32.2. The number of anilines is 1. The summed E-state index contributed by atoms with van der Waals surface area (Å²) < 4.78 is 12.8. The molecule has 0 aliphatic rings. The van der Waals surface area contributed by atoms with E-state index < -0.39 is 0 Å². The molecule has 2 nitrogen and oxygen atoms in total. The van der Waals surface area contributed by atoms with Crippen molar-refractivity contribution in [2.75, 3.05) is 11.6 Å². The van der Waals surface area contributed by atoms with Gasteiger partial charge in [0.2, 0.25) is 0 Å². The van der Waals surface area contributed by atoms with E-state index in [4.69, 9.17) is 0 Å². The van der Waals surface area contributed by atoms with Gasteiger partial charge in [0.25, 0.3) is 0 Å². The number of benzene rings is 1. The van der Waals surface area contributed by atoms with Gasteiger partial charge in [-0.3, -0.25) is 4.98 Å². The van der Waals surface area contributed by atoms with Crippen molar-refractivity contribution in [3.05, 3.63) is 54.1 Å². The predicted octanol–water partition coefficient (Wildman–Crippen LogP) is 4.12. The maximum absolute atomic E-state index is 12.8. The third kappa shape index (κ3) is 3.01. The number of para-hydroxylation sites is 1. The molecule has 1 atom stereocenters. The first-order valence-electron chi connectivity index (χ1n) is 5.71. The number of thioether (sulfide) groups is 1. The van der Waals surface area contributed by atoms with Crippen molar-refractivity contribution < 1.29 is 4.39 Å². The number of hydrogen-bond donors (Lipinski definition) is 1. The third-order valence-corrected chi connectivity index (χ3v) is 3.47. The number of nitrogens with one attached hydrogen (secondary N) is 1. The molecule has 0 aliphatic heterocycles. The van der Waals surface area contributed by atoms with E-state index in [1.165, 1.54) is 17.2 Å². The maximum atomic E-state index is 12.8. The molecule has 1 aromatic carbocycles. The van der Waals surface area contributed by atoms with Crippen LogP contribution >= 0.6 is 11.8 Å². The van der Waals surface area contributed by atoms with Gasteiger partial charge >= 0.3 is 0 Å². The van der Waals surface area contributed by atoms with Crippen LogP contribution in [0.15, 0.2) is 47.5 Å². The standard InChI is InChI=1S/C14H15FN2S/c1-10(12-8-7-11(15)9-16-12)17-13-5-3-4-6-14(13)18-2/h3-10,17H,1-2H3. The van der Waals surface area contributed by atoms with Gasteiger partial charge in [-0.15, -0.1) is 11.8 Å². The van der Waals surface area contributed by atoms with Crippen LogP contribution in [0.5, 0.6) is 0 Å². The van der Waals surface area contributed by atoms with Crippen molar-refractivity contribution in [2.45, 2.75) is 17.9 Å². The Hall–Kier alpha value is -1.55. The molecule has 2 aromatic rings. The summed E-state index contributed by atoms with van der Waals surface area (Å²) in [6.07, 6.45) is 3.29. The Morgan fingerprint density at radius 1 is 1.22 bits per heavy atom. The molecule has 1 N–H and O–H groups in total. The van der Waals surface area contributed by atoms with Gasteiger partial charge in [0.05, 0.1) is 17.9 Å². The number of rotatable bonds is 4. The van der Waals surface area contributed by atoms with E-state index in [0.29, 0.717) is 0 Å². The summed E-state index contributed by atoms with van der Waals surface area (Å²) in [4.78, 5) is 5.27. The Kier molecular flexibility index (Phi) is 4.20. The molecule has 1 unspecified atom stereocenters. The molecule has 0 fully saturated rings. The molecule has 0 aliphatic carbocycles. The monoisotopic (exact) mass is 262 g/mol. The highest BCUT2D eigenvalue weighted by molar-refractivity contribution is 7.98. The van der Waals surface area contributed by atoms with E-state index in [0.717, 1.165) is 11.4 Å². The summed E-state index contributed by atoms with van der Waals surface area (Å²) in [6.45, 7) is 2.01. The minimum atomic E-state index is -0.310. The molecule has 0 amide bonds. The average molecular weight is 262 g/mol. The Balaban J connectivity index is 2.15. The molecule has 0 radical (unpaired) electrons. The van der Waals surface area contributed by atoms with E-state index in [2.05, 4.69) is 16.4 Å². The zero-order chi connectivity index (χ0) is 13.0. The normalized spacial score (nSPS) is 12.2. The van der Waals surface area contributed by atoms with Crippen molar-refractivity contribution >= 4 is 17.4 Å². The minimum Gasteiger partial charge on any atom is -0.376 e. The lowest BCUT2D eigenvalue weighted by Gasteiger charge is -2.16. The van der Waals surface area contributed by atoms with Crippen LogP contribution in [0.4, 0.5) is 10.1 Å². The van der Waals surface area contributed by atoms with Crippen molar-refractivity contribution in [1.82, 2.24) is 4.98 Å². The molecular weight excluding hydrogens is 247 g/mol. The fraction of sp³-hybridized carbons (Fsp3) is 0.214. The molecule has 18 heavy (non-hydrogen) atoms. The number of halogens is 1. The van der Waals surface area contributed by atoms with Crippen molar-refractivity contribution in [1.29, 1.82) is 0 Å². The van der Waals surface area contributed by atoms with E-state index in [-0.39, 0.29) is 11.9 Å². The largest absolute Gasteiger partial charge is 0.376 e. The molecule has 0 bridgehead atoms. The van der Waals surface area contributed by atoms with Crippen molar-refractivity contribution in [2.24, 2.45) is 0 Å². The predicted molar refractivity (Wildman–Crippen MR) is 74.5 cm³/mol. The van der Waals surface area contributed by atoms with Crippen LogP contribution in [0.2, 0.25) is 0 Å². The molecule has 94 valence electrons. The summed E-state index contributed by atoms with van der Waals surface area (Å²) in [5.41, 5.74) is 1.90. The zero-order valence-corrected chi connectivity index (χ0v) is 11.2. The molecule has 1 heterocycles. The first kappa shape index (κ1) is 12.9. The number of pyridine rings is 1. The molecule has 0 spiro atoms. The smallest absolute Gasteiger partial charge is 0.141 e. The van der Waals surface area contributed by atoms with Crippen LogP contribution < -0.4 is 5.32 Å². The van der Waals surface area contributed by atoms with Crippen molar-refractivity contribution in [3.63, 3.8) is 0 Å². The molecule has 2 rings (SSSR count). The Labute approximate surface area is 111 Å². The zero-order valence-electron chi connectivity index (χ0n) is 10.4. The van der Waals surface area contributed by atoms with Gasteiger partial charge in [-0.1, -0.05) is 12.1 Å². The maximum Gasteiger partial charge on any atom is 0.141 e. The Morgan fingerprint density at radius 3 is 2.67 bits per heavy atom. The third-order valence-electron chi connectivity index (χ3n) is 2.67. The van der Waals surface area contributed by atoms with Gasteiger partial charge in [-0.25, -0.2) is 4.39 Å². The molecule has 0 saturated carbocycles. The molecule has 1 aromatic heterocycles. The van der Waals surface area contributed by atoms with Crippen LogP contribution in [0.25, 0.3) is 0 Å². The quantitative estimate of drug-likeness (QED) is 0.839. The minimum absolute atomic E-state index is 0.0406. The second kappa shape index (κ2) is 5.87. The summed E-state index contributed by atoms with van der Waals surface area (Å²) in [5, 5.41) is 3.39. The van der Waals surface area contributed by atoms with E-state index >= 15 is 0 Å². The van der Waals surface area contributed by atoms with Crippen LogP contribution in [0.3, 0.4) is 0 Å². The first-order valence-corrected chi connectivity index (χ1v) is 6.94. The number of aromatic nitrogens is 1. The van der Waals surface area contributed by atoms with Crippen LogP contribution in [-0.2, 0) is 0 Å². The van der Waals surface area contributed by atoms with Crippen LogP contribution in [0.1, 0.15) is 18.7 Å². The first-order chi connectivity index (χ1) is 8.70. The topological polar surface area (TPSA) is 24.9 Å². The molecule has 0 saturated heterocycles. The second-order valence-electron chi connectivity index (χ2n) is 3.97. The lowest BCUT2D eigenvalue weighted by Crippen LogP contribution is -2.09. The highest BCUT2D eigenvalue weighted by Gasteiger charge is 2.08. The van der Waals surface area contributed by atoms with Crippen LogP contribution in [-0.4, -0.2) is 11.2 Å². The van der Waals surface area contributed by atoms with Gasteiger partial charge in [-0.05, 0) is 37.4 Å². The summed E-state index contributed by atoms with van der Waals surface area (Å²) in [7, 11) is 0. The fourth-order valence-electron chi connectivity index (χ4n) is 1.71. The van der Waals surface area contributed by atoms with Crippen molar-refractivity contribution in [3.8, 4) is 0 Å².